The molecule has 2 N–H and O–H groups in total. The molecular formula is C11H16F3N3. The summed E-state index contributed by atoms with van der Waals surface area (Å²) in [4.78, 5) is 5.56. The average molecular weight is 247 g/mol. The molecule has 0 saturated heterocycles. The maximum absolute atomic E-state index is 12.1. The molecule has 3 nitrogen and oxygen atoms in total. The smallest absolute Gasteiger partial charge is 0.359 e. The van der Waals surface area contributed by atoms with Crippen molar-refractivity contribution in [3.05, 3.63) is 23.9 Å². The number of aromatic nitrogens is 1. The van der Waals surface area contributed by atoms with Crippen LogP contribution in [0.2, 0.25) is 0 Å². The molecule has 0 fully saturated rings. The van der Waals surface area contributed by atoms with Crippen molar-refractivity contribution in [2.45, 2.75) is 25.6 Å². The largest absolute Gasteiger partial charge is 0.390 e. The Labute approximate surface area is 98.4 Å². The maximum atomic E-state index is 12.1. The molecule has 1 rings (SSSR count). The fraction of sp³-hybridized carbons (Fsp3) is 0.545. The van der Waals surface area contributed by atoms with Gasteiger partial charge in [0.05, 0.1) is 6.42 Å². The minimum absolute atomic E-state index is 0.125. The molecule has 0 aliphatic rings. The van der Waals surface area contributed by atoms with E-state index in [0.717, 1.165) is 5.56 Å². The molecule has 0 aliphatic carbocycles. The first-order chi connectivity index (χ1) is 7.81. The summed E-state index contributed by atoms with van der Waals surface area (Å²) in [6.07, 6.45) is -3.47. The van der Waals surface area contributed by atoms with Crippen LogP contribution in [-0.4, -0.2) is 24.8 Å². The first-order valence-electron chi connectivity index (χ1n) is 5.29. The number of halogens is 3. The Morgan fingerprint density at radius 3 is 2.65 bits per heavy atom. The molecule has 0 unspecified atom stereocenters. The molecule has 1 atom stereocenters. The van der Waals surface area contributed by atoms with Crippen molar-refractivity contribution in [2.75, 3.05) is 18.5 Å². The lowest BCUT2D eigenvalue weighted by Crippen LogP contribution is -2.26. The van der Waals surface area contributed by atoms with E-state index in [1.54, 1.807) is 32.3 Å². The molecule has 17 heavy (non-hydrogen) atoms. The van der Waals surface area contributed by atoms with Gasteiger partial charge in [0.1, 0.15) is 5.82 Å². The Bertz CT molecular complexity index is 363. The quantitative estimate of drug-likeness (QED) is 0.888. The first-order valence-corrected chi connectivity index (χ1v) is 5.29. The Morgan fingerprint density at radius 2 is 2.12 bits per heavy atom. The zero-order chi connectivity index (χ0) is 13.1. The average Bonchev–Trinajstić information content (AvgIpc) is 2.25. The van der Waals surface area contributed by atoms with Crippen LogP contribution >= 0.6 is 0 Å². The number of rotatable bonds is 4. The molecule has 0 bridgehead atoms. The molecule has 0 aromatic carbocycles. The fourth-order valence-electron chi connectivity index (χ4n) is 1.48. The highest BCUT2D eigenvalue weighted by molar-refractivity contribution is 5.47. The van der Waals surface area contributed by atoms with E-state index in [1.807, 2.05) is 0 Å². The summed E-state index contributed by atoms with van der Waals surface area (Å²) in [5, 5.41) is 0. The van der Waals surface area contributed by atoms with Gasteiger partial charge in [-0.3, -0.25) is 0 Å². The molecule has 0 spiro atoms. The van der Waals surface area contributed by atoms with E-state index < -0.39 is 12.6 Å². The van der Waals surface area contributed by atoms with Crippen molar-refractivity contribution in [1.82, 2.24) is 4.98 Å². The second-order valence-electron chi connectivity index (χ2n) is 3.99. The lowest BCUT2D eigenvalue weighted by atomic mass is 10.1. The van der Waals surface area contributed by atoms with Crippen molar-refractivity contribution in [2.24, 2.45) is 5.73 Å². The van der Waals surface area contributed by atoms with E-state index in [2.05, 4.69) is 4.98 Å². The van der Waals surface area contributed by atoms with Gasteiger partial charge in [-0.15, -0.1) is 0 Å². The van der Waals surface area contributed by atoms with Gasteiger partial charge in [0.15, 0.2) is 0 Å². The van der Waals surface area contributed by atoms with Gasteiger partial charge >= 0.3 is 6.18 Å². The number of nitrogens with zero attached hydrogens (tertiary/aromatic N) is 2. The van der Waals surface area contributed by atoms with Crippen LogP contribution in [0.5, 0.6) is 0 Å². The monoisotopic (exact) mass is 247 g/mol. The number of alkyl halides is 3. The standard InChI is InChI=1S/C11H16F3N3/c1-8(15)9-4-3-6-16-10(9)17(2)7-5-11(12,13)14/h3-4,6,8H,5,7,15H2,1-2H3/t8-/m0/s1. The maximum Gasteiger partial charge on any atom is 0.390 e. The summed E-state index contributed by atoms with van der Waals surface area (Å²) in [7, 11) is 1.58. The molecule has 0 radical (unpaired) electrons. The third kappa shape index (κ3) is 4.22. The minimum Gasteiger partial charge on any atom is -0.359 e. The minimum atomic E-state index is -4.16. The van der Waals surface area contributed by atoms with Crippen molar-refractivity contribution in [3.63, 3.8) is 0 Å². The van der Waals surface area contributed by atoms with E-state index in [-0.39, 0.29) is 12.6 Å². The van der Waals surface area contributed by atoms with Gasteiger partial charge in [-0.05, 0) is 13.0 Å². The van der Waals surface area contributed by atoms with E-state index >= 15 is 0 Å². The zero-order valence-corrected chi connectivity index (χ0v) is 9.83. The molecule has 1 heterocycles. The lowest BCUT2D eigenvalue weighted by molar-refractivity contribution is -0.132. The molecule has 1 aromatic heterocycles. The molecule has 0 saturated carbocycles. The van der Waals surface area contributed by atoms with Crippen molar-refractivity contribution >= 4 is 5.82 Å². The SMILES string of the molecule is C[C@H](N)c1cccnc1N(C)CCC(F)(F)F. The van der Waals surface area contributed by atoms with E-state index in [4.69, 9.17) is 5.73 Å². The van der Waals surface area contributed by atoms with Gasteiger partial charge in [0.2, 0.25) is 0 Å². The summed E-state index contributed by atoms with van der Waals surface area (Å²) in [6, 6.07) is 3.24. The Kier molecular flexibility index (Phi) is 4.34. The van der Waals surface area contributed by atoms with E-state index in [0.29, 0.717) is 5.82 Å². The molecule has 0 amide bonds. The third-order valence-electron chi connectivity index (χ3n) is 2.40. The van der Waals surface area contributed by atoms with Gasteiger partial charge in [-0.1, -0.05) is 6.07 Å². The van der Waals surface area contributed by atoms with Crippen molar-refractivity contribution in [3.8, 4) is 0 Å². The predicted molar refractivity (Wildman–Crippen MR) is 60.8 cm³/mol. The molecule has 96 valence electrons. The van der Waals surface area contributed by atoms with Gasteiger partial charge < -0.3 is 10.6 Å². The van der Waals surface area contributed by atoms with Crippen LogP contribution in [0.4, 0.5) is 19.0 Å². The summed E-state index contributed by atoms with van der Waals surface area (Å²) < 4.78 is 36.4. The van der Waals surface area contributed by atoms with Crippen LogP contribution in [0.1, 0.15) is 24.9 Å². The molecule has 6 heteroatoms. The van der Waals surface area contributed by atoms with Crippen LogP contribution < -0.4 is 10.6 Å². The Hall–Kier alpha value is -1.30. The van der Waals surface area contributed by atoms with E-state index in [9.17, 15) is 13.2 Å². The number of pyridine rings is 1. The van der Waals surface area contributed by atoms with E-state index in [1.165, 1.54) is 4.90 Å². The van der Waals surface area contributed by atoms with Gasteiger partial charge in [0.25, 0.3) is 0 Å². The van der Waals surface area contributed by atoms with Crippen LogP contribution in [-0.2, 0) is 0 Å². The topological polar surface area (TPSA) is 42.1 Å². The normalized spacial score (nSPS) is 13.5. The van der Waals surface area contributed by atoms with Crippen molar-refractivity contribution in [1.29, 1.82) is 0 Å². The molecule has 1 aromatic rings. The second-order valence-corrected chi connectivity index (χ2v) is 3.99. The Morgan fingerprint density at radius 1 is 1.47 bits per heavy atom. The van der Waals surface area contributed by atoms with Crippen molar-refractivity contribution < 1.29 is 13.2 Å². The first kappa shape index (κ1) is 13.8. The summed E-state index contributed by atoms with van der Waals surface area (Å²) in [5.41, 5.74) is 6.49. The number of anilines is 1. The fourth-order valence-corrected chi connectivity index (χ4v) is 1.48. The summed E-state index contributed by atoms with van der Waals surface area (Å²) >= 11 is 0. The lowest BCUT2D eigenvalue weighted by Gasteiger charge is -2.22. The highest BCUT2D eigenvalue weighted by Crippen LogP contribution is 2.24. The highest BCUT2D eigenvalue weighted by atomic mass is 19.4. The number of nitrogens with two attached hydrogens (primary N) is 1. The van der Waals surface area contributed by atoms with Crippen LogP contribution in [0.25, 0.3) is 0 Å². The molecular weight excluding hydrogens is 231 g/mol. The van der Waals surface area contributed by atoms with Gasteiger partial charge in [-0.25, -0.2) is 4.98 Å². The zero-order valence-electron chi connectivity index (χ0n) is 9.83. The van der Waals surface area contributed by atoms with Gasteiger partial charge in [-0.2, -0.15) is 13.2 Å². The van der Waals surface area contributed by atoms with Crippen LogP contribution in [0, 0.1) is 0 Å². The van der Waals surface area contributed by atoms with Gasteiger partial charge in [0, 0.05) is 31.4 Å². The van der Waals surface area contributed by atoms with Crippen LogP contribution in [0.3, 0.4) is 0 Å². The summed E-state index contributed by atoms with van der Waals surface area (Å²) in [6.45, 7) is 1.65. The predicted octanol–water partition coefficient (Wildman–Crippen LogP) is 2.49. The number of hydrogen-bond donors (Lipinski definition) is 1. The second kappa shape index (κ2) is 5.35. The Balaban J connectivity index is 2.78. The summed E-state index contributed by atoms with van der Waals surface area (Å²) in [5.74, 6) is 0.506. The highest BCUT2D eigenvalue weighted by Gasteiger charge is 2.27. The third-order valence-corrected chi connectivity index (χ3v) is 2.40. The molecule has 0 aliphatic heterocycles. The van der Waals surface area contributed by atoms with Crippen LogP contribution in [0.15, 0.2) is 18.3 Å². The number of hydrogen-bond acceptors (Lipinski definition) is 3.